The number of hydrogen-bond donors (Lipinski definition) is 0. The number of amides is 1. The fourth-order valence-corrected chi connectivity index (χ4v) is 4.01. The average Bonchev–Trinajstić information content (AvgIpc) is 3.29. The Morgan fingerprint density at radius 3 is 2.53 bits per heavy atom. The van der Waals surface area contributed by atoms with Gasteiger partial charge in [0.05, 0.1) is 11.0 Å². The number of imidazole rings is 1. The minimum Gasteiger partial charge on any atom is -0.339 e. The number of benzene rings is 2. The smallest absolute Gasteiger partial charge is 0.329 e. The average molecular weight is 434 g/mol. The van der Waals surface area contributed by atoms with Crippen molar-refractivity contribution in [3.8, 4) is 11.4 Å². The van der Waals surface area contributed by atoms with E-state index >= 15 is 0 Å². The number of anilines is 1. The molecule has 0 aliphatic carbocycles. The number of aromatic nitrogens is 4. The molecule has 0 spiro atoms. The number of nitrogens with zero attached hydrogens (tertiary/aromatic N) is 5. The van der Waals surface area contributed by atoms with E-state index in [0.29, 0.717) is 23.8 Å². The standard InChI is InChI=1S/C24H27N5O3/c1-6-27(19-9-7-8-16(4)12-19)22(30)14-28-21-13-18(23-25-17(5)32-26-23)10-11-20(21)29(15(2)3)24(28)31/h7-13,15H,6,14H2,1-5H3. The summed E-state index contributed by atoms with van der Waals surface area (Å²) in [5.74, 6) is 0.759. The van der Waals surface area contributed by atoms with Gasteiger partial charge in [0.1, 0.15) is 6.54 Å². The van der Waals surface area contributed by atoms with Gasteiger partial charge < -0.3 is 9.42 Å². The minimum atomic E-state index is -0.218. The summed E-state index contributed by atoms with van der Waals surface area (Å²) in [5, 5.41) is 3.98. The lowest BCUT2D eigenvalue weighted by Gasteiger charge is -2.21. The van der Waals surface area contributed by atoms with Crippen LogP contribution in [0.1, 0.15) is 38.3 Å². The predicted octanol–water partition coefficient (Wildman–Crippen LogP) is 4.10. The summed E-state index contributed by atoms with van der Waals surface area (Å²) in [6.07, 6.45) is 0. The molecule has 0 aliphatic heterocycles. The van der Waals surface area contributed by atoms with Crippen LogP contribution in [0.3, 0.4) is 0 Å². The summed E-state index contributed by atoms with van der Waals surface area (Å²) >= 11 is 0. The maximum Gasteiger partial charge on any atom is 0.329 e. The summed E-state index contributed by atoms with van der Waals surface area (Å²) in [5.41, 5.74) is 3.83. The molecule has 2 heterocycles. The number of carbonyl (C=O) groups is 1. The summed E-state index contributed by atoms with van der Waals surface area (Å²) in [4.78, 5) is 32.6. The Kier molecular flexibility index (Phi) is 5.69. The van der Waals surface area contributed by atoms with Crippen LogP contribution < -0.4 is 10.6 Å². The first-order valence-corrected chi connectivity index (χ1v) is 10.7. The topological polar surface area (TPSA) is 86.2 Å². The number of likely N-dealkylation sites (N-methyl/N-ethyl adjacent to an activating group) is 1. The van der Waals surface area contributed by atoms with E-state index in [4.69, 9.17) is 4.52 Å². The monoisotopic (exact) mass is 433 g/mol. The molecule has 166 valence electrons. The Bertz CT molecular complexity index is 1350. The predicted molar refractivity (Wildman–Crippen MR) is 124 cm³/mol. The number of fused-ring (bicyclic) bond motifs is 1. The SMILES string of the molecule is CCN(C(=O)Cn1c(=O)n(C(C)C)c2ccc(-c3noc(C)n3)cc21)c1cccc(C)c1. The van der Waals surface area contributed by atoms with Crippen LogP contribution in [-0.2, 0) is 11.3 Å². The third kappa shape index (κ3) is 3.84. The molecule has 2 aromatic carbocycles. The second-order valence-electron chi connectivity index (χ2n) is 8.15. The number of aryl methyl sites for hydroxylation is 2. The molecular weight excluding hydrogens is 406 g/mol. The molecule has 0 atom stereocenters. The fourth-order valence-electron chi connectivity index (χ4n) is 4.01. The van der Waals surface area contributed by atoms with Crippen LogP contribution in [0.4, 0.5) is 5.69 Å². The zero-order chi connectivity index (χ0) is 23.0. The molecule has 32 heavy (non-hydrogen) atoms. The van der Waals surface area contributed by atoms with Gasteiger partial charge in [-0.2, -0.15) is 4.98 Å². The van der Waals surface area contributed by atoms with E-state index in [1.165, 1.54) is 4.57 Å². The molecule has 0 unspecified atom stereocenters. The van der Waals surface area contributed by atoms with Crippen molar-refractivity contribution in [1.82, 2.24) is 19.3 Å². The summed E-state index contributed by atoms with van der Waals surface area (Å²) in [6, 6.07) is 13.3. The van der Waals surface area contributed by atoms with Crippen LogP contribution in [0.15, 0.2) is 51.8 Å². The molecule has 0 saturated heterocycles. The first-order valence-electron chi connectivity index (χ1n) is 10.7. The highest BCUT2D eigenvalue weighted by Gasteiger charge is 2.22. The second-order valence-corrected chi connectivity index (χ2v) is 8.15. The van der Waals surface area contributed by atoms with E-state index in [1.54, 1.807) is 16.4 Å². The molecular formula is C24H27N5O3. The van der Waals surface area contributed by atoms with Gasteiger partial charge in [0.25, 0.3) is 0 Å². The molecule has 0 aliphatic rings. The highest BCUT2D eigenvalue weighted by Crippen LogP contribution is 2.24. The van der Waals surface area contributed by atoms with E-state index in [2.05, 4.69) is 10.1 Å². The Morgan fingerprint density at radius 2 is 1.91 bits per heavy atom. The van der Waals surface area contributed by atoms with Gasteiger partial charge in [-0.15, -0.1) is 0 Å². The van der Waals surface area contributed by atoms with Gasteiger partial charge in [0, 0.05) is 30.8 Å². The lowest BCUT2D eigenvalue weighted by molar-refractivity contribution is -0.119. The molecule has 0 saturated carbocycles. The maximum atomic E-state index is 13.3. The van der Waals surface area contributed by atoms with Crippen molar-refractivity contribution >= 4 is 22.6 Å². The van der Waals surface area contributed by atoms with Crippen molar-refractivity contribution in [3.05, 3.63) is 64.4 Å². The molecule has 4 rings (SSSR count). The molecule has 8 nitrogen and oxygen atoms in total. The van der Waals surface area contributed by atoms with E-state index in [1.807, 2.05) is 70.2 Å². The largest absolute Gasteiger partial charge is 0.339 e. The molecule has 0 fully saturated rings. The molecule has 4 aromatic rings. The van der Waals surface area contributed by atoms with Gasteiger partial charge in [-0.1, -0.05) is 17.3 Å². The lowest BCUT2D eigenvalue weighted by Crippen LogP contribution is -2.37. The van der Waals surface area contributed by atoms with Crippen molar-refractivity contribution < 1.29 is 9.32 Å². The zero-order valence-electron chi connectivity index (χ0n) is 19.0. The van der Waals surface area contributed by atoms with Crippen LogP contribution in [0, 0.1) is 13.8 Å². The highest BCUT2D eigenvalue weighted by atomic mass is 16.5. The molecule has 8 heteroatoms. The maximum absolute atomic E-state index is 13.3. The zero-order valence-corrected chi connectivity index (χ0v) is 19.0. The molecule has 2 aromatic heterocycles. The van der Waals surface area contributed by atoms with Crippen LogP contribution >= 0.6 is 0 Å². The van der Waals surface area contributed by atoms with Crippen molar-refractivity contribution in [1.29, 1.82) is 0 Å². The first-order chi connectivity index (χ1) is 15.3. The van der Waals surface area contributed by atoms with Gasteiger partial charge in [0.15, 0.2) is 0 Å². The van der Waals surface area contributed by atoms with E-state index in [0.717, 1.165) is 22.3 Å². The Balaban J connectivity index is 1.80. The Labute approximate surface area is 186 Å². The first kappa shape index (κ1) is 21.5. The third-order valence-corrected chi connectivity index (χ3v) is 5.49. The van der Waals surface area contributed by atoms with Crippen LogP contribution in [0.25, 0.3) is 22.4 Å². The molecule has 0 radical (unpaired) electrons. The number of carbonyl (C=O) groups excluding carboxylic acids is 1. The van der Waals surface area contributed by atoms with E-state index in [9.17, 15) is 9.59 Å². The highest BCUT2D eigenvalue weighted by molar-refractivity contribution is 5.94. The van der Waals surface area contributed by atoms with Gasteiger partial charge in [-0.25, -0.2) is 4.79 Å². The molecule has 0 N–H and O–H groups in total. The lowest BCUT2D eigenvalue weighted by atomic mass is 10.2. The quantitative estimate of drug-likeness (QED) is 0.457. The van der Waals surface area contributed by atoms with Crippen LogP contribution in [-0.4, -0.2) is 31.7 Å². The van der Waals surface area contributed by atoms with E-state index < -0.39 is 0 Å². The summed E-state index contributed by atoms with van der Waals surface area (Å²) in [6.45, 7) is 9.99. The van der Waals surface area contributed by atoms with Crippen molar-refractivity contribution in [2.45, 2.75) is 47.2 Å². The van der Waals surface area contributed by atoms with Crippen molar-refractivity contribution in [2.24, 2.45) is 0 Å². The van der Waals surface area contributed by atoms with Crippen LogP contribution in [0.5, 0.6) is 0 Å². The van der Waals surface area contributed by atoms with Crippen LogP contribution in [0.2, 0.25) is 0 Å². The second kappa shape index (κ2) is 8.45. The van der Waals surface area contributed by atoms with Gasteiger partial charge in [-0.3, -0.25) is 13.9 Å². The third-order valence-electron chi connectivity index (χ3n) is 5.49. The minimum absolute atomic E-state index is 0.0568. The summed E-state index contributed by atoms with van der Waals surface area (Å²) < 4.78 is 8.34. The Hall–Kier alpha value is -3.68. The van der Waals surface area contributed by atoms with Gasteiger partial charge in [0.2, 0.25) is 17.6 Å². The normalized spacial score (nSPS) is 11.4. The summed E-state index contributed by atoms with van der Waals surface area (Å²) in [7, 11) is 0. The molecule has 1 amide bonds. The fraction of sp³-hybridized carbons (Fsp3) is 0.333. The number of rotatable bonds is 6. The van der Waals surface area contributed by atoms with Crippen molar-refractivity contribution in [2.75, 3.05) is 11.4 Å². The molecule has 0 bridgehead atoms. The number of hydrogen-bond acceptors (Lipinski definition) is 5. The van der Waals surface area contributed by atoms with Crippen molar-refractivity contribution in [3.63, 3.8) is 0 Å². The van der Waals surface area contributed by atoms with Gasteiger partial charge >= 0.3 is 5.69 Å². The van der Waals surface area contributed by atoms with Gasteiger partial charge in [-0.05, 0) is 63.6 Å². The van der Waals surface area contributed by atoms with E-state index in [-0.39, 0.29) is 24.2 Å². The Morgan fingerprint density at radius 1 is 1.12 bits per heavy atom.